The average Bonchev–Trinajstić information content (AvgIpc) is 2.97. The molecule has 0 fully saturated rings. The summed E-state index contributed by atoms with van der Waals surface area (Å²) in [5, 5.41) is 12.4. The van der Waals surface area contributed by atoms with Gasteiger partial charge in [0.25, 0.3) is 0 Å². The Morgan fingerprint density at radius 1 is 1.24 bits per heavy atom. The van der Waals surface area contributed by atoms with Crippen LogP contribution in [0.25, 0.3) is 0 Å². The number of thiazole rings is 1. The summed E-state index contributed by atoms with van der Waals surface area (Å²) >= 11 is 1.71. The molecule has 142 valence electrons. The number of guanidine groups is 1. The summed E-state index contributed by atoms with van der Waals surface area (Å²) in [4.78, 5) is 20.3. The maximum absolute atomic E-state index is 11.5. The number of hydrogen-bond donors (Lipinski definition) is 3. The van der Waals surface area contributed by atoms with Gasteiger partial charge in [-0.25, -0.2) is 9.78 Å². The molecule has 0 saturated heterocycles. The van der Waals surface area contributed by atoms with Crippen LogP contribution in [-0.4, -0.2) is 49.3 Å². The third-order valence-corrected chi connectivity index (χ3v) is 4.24. The molecule has 0 aliphatic heterocycles. The normalized spacial score (nSPS) is 12.2. The van der Waals surface area contributed by atoms with Gasteiger partial charge in [0.1, 0.15) is 5.60 Å². The van der Waals surface area contributed by atoms with Crippen molar-refractivity contribution in [3.05, 3.63) is 16.1 Å². The van der Waals surface area contributed by atoms with Gasteiger partial charge >= 0.3 is 6.09 Å². The van der Waals surface area contributed by atoms with Crippen LogP contribution in [0.4, 0.5) is 4.79 Å². The number of aliphatic imine (C=N–C) groups is 1. The highest BCUT2D eigenvalue weighted by Crippen LogP contribution is 2.19. The van der Waals surface area contributed by atoms with E-state index in [0.717, 1.165) is 18.7 Å². The largest absolute Gasteiger partial charge is 0.444 e. The zero-order chi connectivity index (χ0) is 18.9. The average molecular weight is 370 g/mol. The van der Waals surface area contributed by atoms with Crippen molar-refractivity contribution in [1.29, 1.82) is 0 Å². The van der Waals surface area contributed by atoms with E-state index in [2.05, 4.69) is 45.2 Å². The number of ether oxygens (including phenoxy) is 1. The Morgan fingerprint density at radius 3 is 2.44 bits per heavy atom. The Kier molecular flexibility index (Phi) is 8.68. The quantitative estimate of drug-likeness (QED) is 0.390. The minimum Gasteiger partial charge on any atom is -0.444 e. The lowest BCUT2D eigenvalue weighted by Gasteiger charge is -2.19. The van der Waals surface area contributed by atoms with Gasteiger partial charge in [-0.05, 0) is 20.8 Å². The van der Waals surface area contributed by atoms with Crippen molar-refractivity contribution in [2.75, 3.05) is 26.7 Å². The fourth-order valence-corrected chi connectivity index (χ4v) is 2.76. The zero-order valence-corrected chi connectivity index (χ0v) is 16.9. The first-order valence-corrected chi connectivity index (χ1v) is 9.45. The maximum Gasteiger partial charge on any atom is 0.407 e. The lowest BCUT2D eigenvalue weighted by Crippen LogP contribution is -2.43. The summed E-state index contributed by atoms with van der Waals surface area (Å²) in [7, 11) is 1.72. The van der Waals surface area contributed by atoms with Gasteiger partial charge in [0.05, 0.1) is 10.7 Å². The van der Waals surface area contributed by atoms with E-state index >= 15 is 0 Å². The number of rotatable bonds is 7. The van der Waals surface area contributed by atoms with Crippen molar-refractivity contribution >= 4 is 23.4 Å². The van der Waals surface area contributed by atoms with Gasteiger partial charge in [0.15, 0.2) is 5.96 Å². The van der Waals surface area contributed by atoms with Gasteiger partial charge in [-0.15, -0.1) is 11.3 Å². The number of carbonyl (C=O) groups excluding carboxylic acids is 1. The van der Waals surface area contributed by atoms with Crippen molar-refractivity contribution in [2.45, 2.75) is 52.6 Å². The van der Waals surface area contributed by atoms with Crippen LogP contribution in [0.5, 0.6) is 0 Å². The molecule has 0 aliphatic rings. The van der Waals surface area contributed by atoms with Crippen LogP contribution in [0, 0.1) is 0 Å². The van der Waals surface area contributed by atoms with Gasteiger partial charge in [-0.3, -0.25) is 4.99 Å². The van der Waals surface area contributed by atoms with Crippen LogP contribution in [0.2, 0.25) is 0 Å². The molecular formula is C17H31N5O2S. The van der Waals surface area contributed by atoms with E-state index in [0.29, 0.717) is 25.0 Å². The molecule has 25 heavy (non-hydrogen) atoms. The second kappa shape index (κ2) is 10.2. The summed E-state index contributed by atoms with van der Waals surface area (Å²) in [5.74, 6) is 1.17. The van der Waals surface area contributed by atoms with Crippen LogP contribution in [0.15, 0.2) is 10.4 Å². The maximum atomic E-state index is 11.5. The molecule has 0 unspecified atom stereocenters. The predicted octanol–water partition coefficient (Wildman–Crippen LogP) is 2.50. The third kappa shape index (κ3) is 9.28. The topological polar surface area (TPSA) is 87.6 Å². The van der Waals surface area contributed by atoms with Crippen molar-refractivity contribution in [3.8, 4) is 0 Å². The Balaban J connectivity index is 2.21. The van der Waals surface area contributed by atoms with Gasteiger partial charge < -0.3 is 20.7 Å². The summed E-state index contributed by atoms with van der Waals surface area (Å²) in [6, 6.07) is 0. The van der Waals surface area contributed by atoms with E-state index in [1.54, 1.807) is 18.4 Å². The molecule has 0 atom stereocenters. The summed E-state index contributed by atoms with van der Waals surface area (Å²) in [6.07, 6.45) is 0.432. The van der Waals surface area contributed by atoms with Crippen molar-refractivity contribution in [2.24, 2.45) is 4.99 Å². The van der Waals surface area contributed by atoms with E-state index in [-0.39, 0.29) is 0 Å². The minimum absolute atomic E-state index is 0.415. The molecule has 0 saturated carbocycles. The molecule has 1 aromatic rings. The van der Waals surface area contributed by atoms with Crippen LogP contribution >= 0.6 is 11.3 Å². The number of aromatic nitrogens is 1. The predicted molar refractivity (Wildman–Crippen MR) is 104 cm³/mol. The Labute approximate surface area is 154 Å². The first kappa shape index (κ1) is 21.2. The molecule has 0 aromatic carbocycles. The molecule has 1 heterocycles. The molecule has 8 heteroatoms. The number of nitrogens with one attached hydrogen (secondary N) is 3. The molecular weight excluding hydrogens is 338 g/mol. The molecule has 0 radical (unpaired) electrons. The molecule has 1 amide bonds. The van der Waals surface area contributed by atoms with Gasteiger partial charge in [-0.2, -0.15) is 0 Å². The van der Waals surface area contributed by atoms with Gasteiger partial charge in [-0.1, -0.05) is 13.8 Å². The van der Waals surface area contributed by atoms with E-state index in [1.807, 2.05) is 20.8 Å². The van der Waals surface area contributed by atoms with E-state index < -0.39 is 11.7 Å². The summed E-state index contributed by atoms with van der Waals surface area (Å²) in [6.45, 7) is 11.6. The van der Waals surface area contributed by atoms with E-state index in [4.69, 9.17) is 4.74 Å². The minimum atomic E-state index is -0.486. The molecule has 3 N–H and O–H groups in total. The monoisotopic (exact) mass is 369 g/mol. The molecule has 0 bridgehead atoms. The van der Waals surface area contributed by atoms with Gasteiger partial charge in [0, 0.05) is 44.4 Å². The third-order valence-electron chi connectivity index (χ3n) is 3.05. The molecule has 1 rings (SSSR count). The summed E-state index contributed by atoms with van der Waals surface area (Å²) in [5.41, 5.74) is 0.614. The fourth-order valence-electron chi connectivity index (χ4n) is 1.89. The highest BCUT2D eigenvalue weighted by molar-refractivity contribution is 7.09. The first-order chi connectivity index (χ1) is 11.7. The number of alkyl carbamates (subject to hydrolysis) is 1. The standard InChI is InChI=1S/C17H31N5O2S/c1-12(2)14-22-13(11-25-14)7-8-19-15(18-6)20-9-10-21-16(23)24-17(3,4)5/h11-12H,7-10H2,1-6H3,(H,21,23)(H2,18,19,20). The van der Waals surface area contributed by atoms with Crippen molar-refractivity contribution in [3.63, 3.8) is 0 Å². The number of amides is 1. The highest BCUT2D eigenvalue weighted by atomic mass is 32.1. The van der Waals surface area contributed by atoms with E-state index in [9.17, 15) is 4.79 Å². The summed E-state index contributed by atoms with van der Waals surface area (Å²) < 4.78 is 5.17. The van der Waals surface area contributed by atoms with Crippen LogP contribution in [-0.2, 0) is 11.2 Å². The second-order valence-corrected chi connectivity index (χ2v) is 7.83. The SMILES string of the molecule is CN=C(NCCNC(=O)OC(C)(C)C)NCCc1csc(C(C)C)n1. The van der Waals surface area contributed by atoms with Crippen molar-refractivity contribution < 1.29 is 9.53 Å². The number of nitrogens with zero attached hydrogens (tertiary/aromatic N) is 2. The first-order valence-electron chi connectivity index (χ1n) is 8.57. The molecule has 1 aromatic heterocycles. The number of hydrogen-bond acceptors (Lipinski definition) is 5. The molecule has 7 nitrogen and oxygen atoms in total. The van der Waals surface area contributed by atoms with Crippen LogP contribution in [0.1, 0.15) is 51.2 Å². The van der Waals surface area contributed by atoms with Crippen LogP contribution in [0.3, 0.4) is 0 Å². The lowest BCUT2D eigenvalue weighted by molar-refractivity contribution is 0.0529. The fraction of sp³-hybridized carbons (Fsp3) is 0.706. The van der Waals surface area contributed by atoms with Gasteiger partial charge in [0.2, 0.25) is 0 Å². The Bertz CT molecular complexity index is 564. The molecule has 0 spiro atoms. The van der Waals surface area contributed by atoms with Crippen molar-refractivity contribution in [1.82, 2.24) is 20.9 Å². The lowest BCUT2D eigenvalue weighted by atomic mass is 10.2. The smallest absolute Gasteiger partial charge is 0.407 e. The highest BCUT2D eigenvalue weighted by Gasteiger charge is 2.15. The Morgan fingerprint density at radius 2 is 1.88 bits per heavy atom. The van der Waals surface area contributed by atoms with E-state index in [1.165, 1.54) is 5.01 Å². The number of carbonyl (C=O) groups is 1. The zero-order valence-electron chi connectivity index (χ0n) is 16.1. The Hall–Kier alpha value is -1.83. The molecule has 0 aliphatic carbocycles. The van der Waals surface area contributed by atoms with Crippen LogP contribution < -0.4 is 16.0 Å². The second-order valence-electron chi connectivity index (χ2n) is 6.94.